The molecule has 1 aromatic carbocycles. The van der Waals surface area contributed by atoms with Crippen molar-refractivity contribution >= 4 is 17.9 Å². The smallest absolute Gasteiger partial charge is 0.258 e. The Morgan fingerprint density at radius 2 is 2.00 bits per heavy atom. The molecule has 2 rings (SSSR count). The summed E-state index contributed by atoms with van der Waals surface area (Å²) in [5.41, 5.74) is 1.93. The molecule has 3 heteroatoms. The van der Waals surface area contributed by atoms with Gasteiger partial charge in [0.1, 0.15) is 0 Å². The first kappa shape index (κ1) is 8.69. The zero-order valence-electron chi connectivity index (χ0n) is 7.70. The van der Waals surface area contributed by atoms with E-state index >= 15 is 0 Å². The molecule has 14 heavy (non-hydrogen) atoms. The van der Waals surface area contributed by atoms with E-state index in [9.17, 15) is 9.59 Å². The number of hydrogen-bond acceptors (Lipinski definition) is 2. The monoisotopic (exact) mass is 187 g/mol. The van der Waals surface area contributed by atoms with Crippen molar-refractivity contribution in [3.63, 3.8) is 0 Å². The van der Waals surface area contributed by atoms with Crippen LogP contribution in [0.25, 0.3) is 6.08 Å². The maximum Gasteiger partial charge on any atom is 0.258 e. The van der Waals surface area contributed by atoms with E-state index in [0.717, 1.165) is 5.56 Å². The highest BCUT2D eigenvalue weighted by Crippen LogP contribution is 2.17. The molecule has 0 unspecified atom stereocenters. The number of rotatable bonds is 1. The molecule has 70 valence electrons. The molecule has 2 bridgehead atoms. The van der Waals surface area contributed by atoms with Crippen LogP contribution in [-0.4, -0.2) is 11.8 Å². The molecular formula is C11H9NO2. The summed E-state index contributed by atoms with van der Waals surface area (Å²) in [4.78, 5) is 22.6. The fraction of sp³-hybridized carbons (Fsp3) is 0.0909. The second-order valence-electron chi connectivity index (χ2n) is 3.09. The van der Waals surface area contributed by atoms with Gasteiger partial charge in [-0.05, 0) is 24.6 Å². The summed E-state index contributed by atoms with van der Waals surface area (Å²) < 4.78 is 0. The van der Waals surface area contributed by atoms with Crippen LogP contribution in [0.4, 0.5) is 0 Å². The van der Waals surface area contributed by atoms with Crippen LogP contribution >= 0.6 is 0 Å². The van der Waals surface area contributed by atoms with E-state index in [1.54, 1.807) is 18.2 Å². The van der Waals surface area contributed by atoms with Gasteiger partial charge in [-0.15, -0.1) is 0 Å². The molecule has 1 heterocycles. The van der Waals surface area contributed by atoms with Crippen molar-refractivity contribution in [1.29, 1.82) is 0 Å². The van der Waals surface area contributed by atoms with Crippen LogP contribution in [0.3, 0.4) is 0 Å². The van der Waals surface area contributed by atoms with Gasteiger partial charge in [-0.3, -0.25) is 14.9 Å². The summed E-state index contributed by atoms with van der Waals surface area (Å²) in [6, 6.07) is 5.11. The van der Waals surface area contributed by atoms with Crippen molar-refractivity contribution in [2.24, 2.45) is 0 Å². The molecule has 3 nitrogen and oxygen atoms in total. The highest BCUT2D eigenvalue weighted by molar-refractivity contribution is 6.15. The minimum absolute atomic E-state index is 0.323. The Hall–Kier alpha value is -1.90. The Labute approximate surface area is 81.4 Å². The molecule has 0 spiro atoms. The minimum atomic E-state index is -0.325. The SMILES string of the molecule is C/C=C/c1ccc2cc1C(=O)NC2=O. The molecular weight excluding hydrogens is 178 g/mol. The van der Waals surface area contributed by atoms with Crippen molar-refractivity contribution in [3.8, 4) is 0 Å². The quantitative estimate of drug-likeness (QED) is 0.679. The van der Waals surface area contributed by atoms with Gasteiger partial charge < -0.3 is 0 Å². The van der Waals surface area contributed by atoms with Gasteiger partial charge in [-0.1, -0.05) is 18.2 Å². The molecule has 0 aliphatic carbocycles. The fourth-order valence-corrected chi connectivity index (χ4v) is 1.46. The number of imide groups is 1. The summed E-state index contributed by atoms with van der Waals surface area (Å²) in [5.74, 6) is -0.647. The number of fused-ring (bicyclic) bond motifs is 2. The zero-order chi connectivity index (χ0) is 10.1. The average Bonchev–Trinajstić information content (AvgIpc) is 2.17. The maximum absolute atomic E-state index is 11.4. The van der Waals surface area contributed by atoms with E-state index in [1.807, 2.05) is 19.1 Å². The molecule has 2 amide bonds. The molecule has 1 aliphatic heterocycles. The first-order valence-electron chi connectivity index (χ1n) is 4.35. The molecule has 1 N–H and O–H groups in total. The minimum Gasteiger partial charge on any atom is -0.288 e. The largest absolute Gasteiger partial charge is 0.288 e. The van der Waals surface area contributed by atoms with E-state index < -0.39 is 0 Å². The van der Waals surface area contributed by atoms with Gasteiger partial charge in [-0.25, -0.2) is 0 Å². The topological polar surface area (TPSA) is 46.2 Å². The first-order valence-corrected chi connectivity index (χ1v) is 4.35. The Morgan fingerprint density at radius 1 is 1.21 bits per heavy atom. The molecule has 0 saturated carbocycles. The van der Waals surface area contributed by atoms with Gasteiger partial charge in [0, 0.05) is 11.1 Å². The number of benzene rings is 1. The molecule has 0 saturated heterocycles. The second-order valence-corrected chi connectivity index (χ2v) is 3.09. The number of hydrogen-bond donors (Lipinski definition) is 1. The van der Waals surface area contributed by atoms with Gasteiger partial charge in [-0.2, -0.15) is 0 Å². The van der Waals surface area contributed by atoms with Crippen molar-refractivity contribution in [3.05, 3.63) is 41.0 Å². The van der Waals surface area contributed by atoms with E-state index in [1.165, 1.54) is 0 Å². The second kappa shape index (κ2) is 3.10. The molecule has 0 aromatic heterocycles. The van der Waals surface area contributed by atoms with E-state index in [4.69, 9.17) is 0 Å². The van der Waals surface area contributed by atoms with Crippen LogP contribution in [0, 0.1) is 0 Å². The Balaban J connectivity index is 2.61. The zero-order valence-corrected chi connectivity index (χ0v) is 7.70. The summed E-state index contributed by atoms with van der Waals surface area (Å²) >= 11 is 0. The lowest BCUT2D eigenvalue weighted by atomic mass is 9.99. The summed E-state index contributed by atoms with van der Waals surface area (Å²) in [6.07, 6.45) is 3.70. The predicted octanol–water partition coefficient (Wildman–Crippen LogP) is 1.60. The third-order valence-corrected chi connectivity index (χ3v) is 2.13. The van der Waals surface area contributed by atoms with Crippen molar-refractivity contribution in [2.45, 2.75) is 6.92 Å². The van der Waals surface area contributed by atoms with Crippen LogP contribution in [0.1, 0.15) is 33.2 Å². The van der Waals surface area contributed by atoms with E-state index in [0.29, 0.717) is 11.1 Å². The van der Waals surface area contributed by atoms with Crippen LogP contribution in [0.2, 0.25) is 0 Å². The van der Waals surface area contributed by atoms with Gasteiger partial charge in [0.2, 0.25) is 0 Å². The van der Waals surface area contributed by atoms with Crippen LogP contribution in [0.5, 0.6) is 0 Å². The average molecular weight is 187 g/mol. The number of carbonyl (C=O) groups excluding carboxylic acids is 2. The molecule has 1 aromatic rings. The lowest BCUT2D eigenvalue weighted by molar-refractivity contribution is 0.0840. The lowest BCUT2D eigenvalue weighted by Gasteiger charge is -2.14. The number of allylic oxidation sites excluding steroid dienone is 1. The van der Waals surface area contributed by atoms with Gasteiger partial charge >= 0.3 is 0 Å². The lowest BCUT2D eigenvalue weighted by Crippen LogP contribution is -2.34. The standard InChI is InChI=1S/C11H9NO2/c1-2-3-7-4-5-8-6-9(7)11(14)12-10(8)13/h2-6H,1H3,(H,12,13,14)/b3-2+. The highest BCUT2D eigenvalue weighted by Gasteiger charge is 2.21. The molecule has 0 radical (unpaired) electrons. The normalized spacial score (nSPS) is 14.6. The number of nitrogens with one attached hydrogen (secondary N) is 1. The predicted molar refractivity (Wildman–Crippen MR) is 52.9 cm³/mol. The molecule has 1 aliphatic rings. The van der Waals surface area contributed by atoms with Crippen LogP contribution < -0.4 is 5.32 Å². The van der Waals surface area contributed by atoms with E-state index in [-0.39, 0.29) is 11.8 Å². The maximum atomic E-state index is 11.4. The van der Waals surface area contributed by atoms with Crippen molar-refractivity contribution < 1.29 is 9.59 Å². The number of carbonyl (C=O) groups is 2. The van der Waals surface area contributed by atoms with Crippen LogP contribution in [0.15, 0.2) is 24.3 Å². The highest BCUT2D eigenvalue weighted by atomic mass is 16.2. The Kier molecular flexibility index (Phi) is 1.93. The summed E-state index contributed by atoms with van der Waals surface area (Å²) in [6.45, 7) is 1.88. The Bertz CT molecular complexity index is 447. The Morgan fingerprint density at radius 3 is 2.71 bits per heavy atom. The summed E-state index contributed by atoms with van der Waals surface area (Å²) in [7, 11) is 0. The van der Waals surface area contributed by atoms with E-state index in [2.05, 4.69) is 5.32 Å². The fourth-order valence-electron chi connectivity index (χ4n) is 1.46. The van der Waals surface area contributed by atoms with Crippen molar-refractivity contribution in [1.82, 2.24) is 5.32 Å². The van der Waals surface area contributed by atoms with Crippen LogP contribution in [-0.2, 0) is 0 Å². The summed E-state index contributed by atoms with van der Waals surface area (Å²) in [5, 5.41) is 2.28. The van der Waals surface area contributed by atoms with Gasteiger partial charge in [0.15, 0.2) is 0 Å². The first-order chi connectivity index (χ1) is 6.72. The third kappa shape index (κ3) is 1.23. The van der Waals surface area contributed by atoms with Crippen molar-refractivity contribution in [2.75, 3.05) is 0 Å². The van der Waals surface area contributed by atoms with Gasteiger partial charge in [0.25, 0.3) is 11.8 Å². The molecule has 0 fully saturated rings. The number of amides is 2. The van der Waals surface area contributed by atoms with Gasteiger partial charge in [0.05, 0.1) is 0 Å². The molecule has 0 atom stereocenters. The third-order valence-electron chi connectivity index (χ3n) is 2.13.